The largest absolute Gasteiger partial charge is 0.494 e. The molecule has 2 aliphatic rings. The van der Waals surface area contributed by atoms with E-state index in [2.05, 4.69) is 20.5 Å². The van der Waals surface area contributed by atoms with E-state index in [9.17, 15) is 19.5 Å². The first-order chi connectivity index (χ1) is 20.8. The Hall–Kier alpha value is -4.42. The van der Waals surface area contributed by atoms with Crippen LogP contribution in [-0.4, -0.2) is 96.9 Å². The van der Waals surface area contributed by atoms with Crippen molar-refractivity contribution in [3.05, 3.63) is 59.8 Å². The van der Waals surface area contributed by atoms with E-state index < -0.39 is 24.0 Å². The summed E-state index contributed by atoms with van der Waals surface area (Å²) >= 11 is 0. The lowest BCUT2D eigenvalue weighted by molar-refractivity contribution is -0.138. The van der Waals surface area contributed by atoms with E-state index >= 15 is 0 Å². The number of aromatic nitrogens is 1. The van der Waals surface area contributed by atoms with E-state index in [0.717, 1.165) is 18.5 Å². The van der Waals surface area contributed by atoms with Gasteiger partial charge in [0, 0.05) is 31.2 Å². The molecule has 2 atom stereocenters. The Morgan fingerprint density at radius 3 is 2.79 bits per heavy atom. The smallest absolute Gasteiger partial charge is 0.252 e. The fourth-order valence-corrected chi connectivity index (χ4v) is 5.29. The van der Waals surface area contributed by atoms with Gasteiger partial charge >= 0.3 is 0 Å². The van der Waals surface area contributed by atoms with E-state index in [4.69, 9.17) is 14.2 Å². The monoisotopic (exact) mass is 591 g/mol. The minimum absolute atomic E-state index is 0.155. The molecule has 0 radical (unpaired) electrons. The molecule has 3 N–H and O–H groups in total. The zero-order valence-corrected chi connectivity index (χ0v) is 24.4. The highest BCUT2D eigenvalue weighted by molar-refractivity contribution is 6.07. The molecule has 0 bridgehead atoms. The Balaban J connectivity index is 1.15. The van der Waals surface area contributed by atoms with Crippen molar-refractivity contribution in [3.8, 4) is 17.2 Å². The van der Waals surface area contributed by atoms with Crippen LogP contribution in [0.25, 0.3) is 10.9 Å². The van der Waals surface area contributed by atoms with Crippen molar-refractivity contribution in [1.82, 2.24) is 25.4 Å². The number of carbonyl (C=O) groups is 3. The van der Waals surface area contributed by atoms with Gasteiger partial charge in [-0.25, -0.2) is 0 Å². The summed E-state index contributed by atoms with van der Waals surface area (Å²) in [5.41, 5.74) is 1.80. The standard InChI is InChI=1S/C31H37N5O7/c1-35(2)12-4-14-41-21-7-8-24-23(16-21)22(10-11-32-24)30(39)34-18-28(37)36-13-3-5-25(36)29(38)31(40)33-17-20-6-9-26-27(15-20)43-19-42-26/h6-11,15-16,25,29,38H,3-5,12-14,17-19H2,1-2H3,(H,33,40)(H,34,39)/t25-,29?/m0/s1. The van der Waals surface area contributed by atoms with E-state index in [0.29, 0.717) is 59.7 Å². The van der Waals surface area contributed by atoms with Gasteiger partial charge in [0.15, 0.2) is 17.6 Å². The topological polar surface area (TPSA) is 143 Å². The van der Waals surface area contributed by atoms with Crippen LogP contribution >= 0.6 is 0 Å². The van der Waals surface area contributed by atoms with Gasteiger partial charge < -0.3 is 39.8 Å². The second kappa shape index (κ2) is 13.7. The fraction of sp³-hybridized carbons (Fsp3) is 0.419. The molecule has 1 aromatic heterocycles. The molecule has 3 amide bonds. The first-order valence-corrected chi connectivity index (χ1v) is 14.4. The van der Waals surface area contributed by atoms with Crippen LogP contribution in [0.5, 0.6) is 17.2 Å². The molecule has 0 spiro atoms. The number of nitrogens with one attached hydrogen (secondary N) is 2. The number of ether oxygens (including phenoxy) is 3. The number of aliphatic hydroxyl groups excluding tert-OH is 1. The van der Waals surface area contributed by atoms with Crippen LogP contribution in [0.1, 0.15) is 35.2 Å². The molecule has 3 heterocycles. The third-order valence-corrected chi connectivity index (χ3v) is 7.53. The summed E-state index contributed by atoms with van der Waals surface area (Å²) in [6.45, 7) is 1.90. The Labute approximate surface area is 249 Å². The van der Waals surface area contributed by atoms with Crippen molar-refractivity contribution in [3.63, 3.8) is 0 Å². The maximum absolute atomic E-state index is 13.2. The van der Waals surface area contributed by atoms with Gasteiger partial charge in [-0.15, -0.1) is 0 Å². The molecule has 3 aromatic rings. The van der Waals surface area contributed by atoms with E-state index in [1.165, 1.54) is 4.90 Å². The number of hydrogen-bond acceptors (Lipinski definition) is 9. The second-order valence-corrected chi connectivity index (χ2v) is 10.9. The van der Waals surface area contributed by atoms with Gasteiger partial charge in [-0.3, -0.25) is 19.4 Å². The molecule has 12 heteroatoms. The number of rotatable bonds is 12. The normalized spacial score (nSPS) is 16.4. The number of amides is 3. The first-order valence-electron chi connectivity index (χ1n) is 14.4. The summed E-state index contributed by atoms with van der Waals surface area (Å²) in [5, 5.41) is 16.9. The molecular weight excluding hydrogens is 554 g/mol. The molecule has 0 aliphatic carbocycles. The highest BCUT2D eigenvalue weighted by Crippen LogP contribution is 2.32. The molecule has 0 saturated carbocycles. The molecular formula is C31H37N5O7. The Morgan fingerprint density at radius 2 is 1.95 bits per heavy atom. The number of aliphatic hydroxyl groups is 1. The highest BCUT2D eigenvalue weighted by atomic mass is 16.7. The number of pyridine rings is 1. The quantitative estimate of drug-likeness (QED) is 0.268. The second-order valence-electron chi connectivity index (χ2n) is 10.9. The van der Waals surface area contributed by atoms with Crippen molar-refractivity contribution >= 4 is 28.6 Å². The van der Waals surface area contributed by atoms with Gasteiger partial charge in [0.1, 0.15) is 5.75 Å². The molecule has 228 valence electrons. The third-order valence-electron chi connectivity index (χ3n) is 7.53. The lowest BCUT2D eigenvalue weighted by atomic mass is 10.1. The van der Waals surface area contributed by atoms with Crippen LogP contribution in [0.4, 0.5) is 0 Å². The maximum atomic E-state index is 13.2. The van der Waals surface area contributed by atoms with Crippen LogP contribution in [0.15, 0.2) is 48.7 Å². The number of benzene rings is 2. The summed E-state index contributed by atoms with van der Waals surface area (Å²) in [5.74, 6) is 0.505. The molecule has 1 unspecified atom stereocenters. The van der Waals surface area contributed by atoms with Crippen LogP contribution in [-0.2, 0) is 16.1 Å². The van der Waals surface area contributed by atoms with Gasteiger partial charge in [-0.2, -0.15) is 0 Å². The first kappa shape index (κ1) is 30.1. The molecule has 5 rings (SSSR count). The van der Waals surface area contributed by atoms with Crippen LogP contribution in [0.2, 0.25) is 0 Å². The Morgan fingerprint density at radius 1 is 1.12 bits per heavy atom. The van der Waals surface area contributed by atoms with E-state index in [1.54, 1.807) is 42.6 Å². The average molecular weight is 592 g/mol. The van der Waals surface area contributed by atoms with E-state index in [1.807, 2.05) is 20.2 Å². The molecule has 2 aliphatic heterocycles. The number of fused-ring (bicyclic) bond motifs is 2. The van der Waals surface area contributed by atoms with E-state index in [-0.39, 0.29) is 25.8 Å². The summed E-state index contributed by atoms with van der Waals surface area (Å²) in [6, 6.07) is 11.7. The van der Waals surface area contributed by atoms with Crippen LogP contribution in [0.3, 0.4) is 0 Å². The van der Waals surface area contributed by atoms with Crippen molar-refractivity contribution in [2.45, 2.75) is 38.0 Å². The Bertz CT molecular complexity index is 1480. The number of carbonyl (C=O) groups excluding carboxylic acids is 3. The predicted molar refractivity (Wildman–Crippen MR) is 158 cm³/mol. The van der Waals surface area contributed by atoms with Gasteiger partial charge in [-0.1, -0.05) is 6.07 Å². The molecule has 1 fully saturated rings. The summed E-state index contributed by atoms with van der Waals surface area (Å²) < 4.78 is 16.5. The van der Waals surface area contributed by atoms with Crippen LogP contribution in [0, 0.1) is 0 Å². The maximum Gasteiger partial charge on any atom is 0.252 e. The van der Waals surface area contributed by atoms with Gasteiger partial charge in [0.05, 0.1) is 30.3 Å². The highest BCUT2D eigenvalue weighted by Gasteiger charge is 2.37. The predicted octanol–water partition coefficient (Wildman–Crippen LogP) is 1.69. The van der Waals surface area contributed by atoms with Crippen molar-refractivity contribution in [1.29, 1.82) is 0 Å². The van der Waals surface area contributed by atoms with Gasteiger partial charge in [-0.05, 0) is 75.3 Å². The SMILES string of the molecule is CN(C)CCCOc1ccc2nccc(C(=O)NCC(=O)N3CCC[C@H]3C(O)C(=O)NCc3ccc4c(c3)OCO4)c2c1. The van der Waals surface area contributed by atoms with Crippen molar-refractivity contribution in [2.75, 3.05) is 47.1 Å². The van der Waals surface area contributed by atoms with Gasteiger partial charge in [0.2, 0.25) is 12.7 Å². The van der Waals surface area contributed by atoms with Crippen molar-refractivity contribution < 1.29 is 33.7 Å². The number of nitrogens with zero attached hydrogens (tertiary/aromatic N) is 3. The fourth-order valence-electron chi connectivity index (χ4n) is 5.29. The van der Waals surface area contributed by atoms with Gasteiger partial charge in [0.25, 0.3) is 11.8 Å². The molecule has 43 heavy (non-hydrogen) atoms. The summed E-state index contributed by atoms with van der Waals surface area (Å²) in [7, 11) is 4.01. The average Bonchev–Trinajstić information content (AvgIpc) is 3.69. The number of likely N-dealkylation sites (tertiary alicyclic amines) is 1. The minimum atomic E-state index is -1.41. The minimum Gasteiger partial charge on any atom is -0.494 e. The Kier molecular flexibility index (Phi) is 9.58. The van der Waals surface area contributed by atoms with Crippen LogP contribution < -0.4 is 24.8 Å². The summed E-state index contributed by atoms with van der Waals surface area (Å²) in [6.07, 6.45) is 2.12. The molecule has 2 aromatic carbocycles. The lowest BCUT2D eigenvalue weighted by Crippen LogP contribution is -2.51. The lowest BCUT2D eigenvalue weighted by Gasteiger charge is -2.28. The number of hydrogen-bond donors (Lipinski definition) is 3. The summed E-state index contributed by atoms with van der Waals surface area (Å²) in [4.78, 5) is 47.0. The van der Waals surface area contributed by atoms with Crippen molar-refractivity contribution in [2.24, 2.45) is 0 Å². The third kappa shape index (κ3) is 7.33. The molecule has 1 saturated heterocycles. The zero-order valence-electron chi connectivity index (χ0n) is 24.4. The molecule has 12 nitrogen and oxygen atoms in total. The zero-order chi connectivity index (χ0) is 30.3.